The molecule has 24 heavy (non-hydrogen) atoms. The van der Waals surface area contributed by atoms with Gasteiger partial charge in [0.1, 0.15) is 10.8 Å². The van der Waals surface area contributed by atoms with Crippen molar-refractivity contribution in [3.8, 4) is 0 Å². The van der Waals surface area contributed by atoms with Gasteiger partial charge in [0.25, 0.3) is 0 Å². The van der Waals surface area contributed by atoms with Crippen LogP contribution in [0.4, 0.5) is 11.8 Å². The van der Waals surface area contributed by atoms with Crippen LogP contribution < -0.4 is 5.32 Å². The van der Waals surface area contributed by atoms with E-state index < -0.39 is 0 Å². The summed E-state index contributed by atoms with van der Waals surface area (Å²) >= 11 is 1.48. The van der Waals surface area contributed by atoms with Gasteiger partial charge in [-0.2, -0.15) is 10.2 Å². The number of aromatic amines is 1. The maximum atomic E-state index is 11.1. The molecule has 8 heteroatoms. The summed E-state index contributed by atoms with van der Waals surface area (Å²) in [5, 5.41) is 18.6. The molecule has 3 rings (SSSR count). The topological polar surface area (TPSA) is 96.5 Å². The van der Waals surface area contributed by atoms with Gasteiger partial charge >= 0.3 is 0 Å². The second kappa shape index (κ2) is 7.22. The monoisotopic (exact) mass is 340 g/mol. The summed E-state index contributed by atoms with van der Waals surface area (Å²) in [4.78, 5) is 16.6. The molecule has 7 nitrogen and oxygen atoms in total. The molecule has 0 saturated heterocycles. The van der Waals surface area contributed by atoms with Gasteiger partial charge < -0.3 is 5.32 Å². The van der Waals surface area contributed by atoms with Crippen LogP contribution in [0.2, 0.25) is 0 Å². The van der Waals surface area contributed by atoms with Crippen LogP contribution in [0, 0.1) is 6.92 Å². The van der Waals surface area contributed by atoms with Gasteiger partial charge in [-0.3, -0.25) is 9.89 Å². The lowest BCUT2D eigenvalue weighted by molar-refractivity contribution is -0.116. The normalized spacial score (nSPS) is 10.6. The summed E-state index contributed by atoms with van der Waals surface area (Å²) in [5.74, 6) is 1.18. The molecule has 2 heterocycles. The third-order valence-corrected chi connectivity index (χ3v) is 4.00. The lowest BCUT2D eigenvalue weighted by Gasteiger charge is -2.04. The van der Waals surface area contributed by atoms with Crippen molar-refractivity contribution in [1.82, 2.24) is 25.4 Å². The molecule has 0 unspecified atom stereocenters. The maximum Gasteiger partial charge on any atom is 0.249 e. The molecule has 2 N–H and O–H groups in total. The predicted molar refractivity (Wildman–Crippen MR) is 91.4 cm³/mol. The van der Waals surface area contributed by atoms with E-state index in [1.165, 1.54) is 11.8 Å². The minimum absolute atomic E-state index is 0.153. The van der Waals surface area contributed by atoms with E-state index in [2.05, 4.69) is 30.7 Å². The minimum atomic E-state index is 0.153. The summed E-state index contributed by atoms with van der Waals surface area (Å²) in [6, 6.07) is 9.69. The van der Waals surface area contributed by atoms with Crippen molar-refractivity contribution in [2.75, 3.05) is 5.32 Å². The summed E-state index contributed by atoms with van der Waals surface area (Å²) in [6.45, 7) is 3.50. The van der Waals surface area contributed by atoms with Crippen molar-refractivity contribution in [2.45, 2.75) is 30.2 Å². The molecule has 0 aliphatic carbocycles. The second-order valence-corrected chi connectivity index (χ2v) is 6.40. The van der Waals surface area contributed by atoms with Gasteiger partial charge in [-0.25, -0.2) is 4.98 Å². The van der Waals surface area contributed by atoms with Gasteiger partial charge in [0.05, 0.1) is 6.20 Å². The molecule has 0 aliphatic heterocycles. The Bertz CT molecular complexity index is 846. The molecule has 0 radical (unpaired) electrons. The van der Waals surface area contributed by atoms with Crippen molar-refractivity contribution in [1.29, 1.82) is 0 Å². The average molecular weight is 340 g/mol. The summed E-state index contributed by atoms with van der Waals surface area (Å²) in [7, 11) is 0. The van der Waals surface area contributed by atoms with Crippen molar-refractivity contribution in [3.63, 3.8) is 0 Å². The Hall–Kier alpha value is -2.74. The Morgan fingerprint density at radius 2 is 2.08 bits per heavy atom. The third-order valence-electron chi connectivity index (χ3n) is 3.08. The van der Waals surface area contributed by atoms with E-state index in [0.29, 0.717) is 18.2 Å². The fraction of sp³-hybridized carbons (Fsp3) is 0.188. The molecule has 3 aromatic rings. The molecular weight excluding hydrogens is 324 g/mol. The second-order valence-electron chi connectivity index (χ2n) is 5.30. The van der Waals surface area contributed by atoms with Crippen LogP contribution in [0.5, 0.6) is 0 Å². The first-order valence-electron chi connectivity index (χ1n) is 7.33. The highest BCUT2D eigenvalue weighted by Gasteiger charge is 2.06. The van der Waals surface area contributed by atoms with Crippen molar-refractivity contribution in [2.24, 2.45) is 0 Å². The molecule has 2 aromatic heterocycles. The largest absolute Gasteiger partial charge is 0.306 e. The molecule has 0 saturated carbocycles. The third kappa shape index (κ3) is 4.39. The van der Waals surface area contributed by atoms with Gasteiger partial charge in [0.2, 0.25) is 5.95 Å². The smallest absolute Gasteiger partial charge is 0.249 e. The molecule has 0 aliphatic rings. The number of carbonyl (C=O) groups excluding carboxylic acids is 1. The highest BCUT2D eigenvalue weighted by molar-refractivity contribution is 7.99. The number of aromatic nitrogens is 5. The zero-order valence-corrected chi connectivity index (χ0v) is 14.1. The van der Waals surface area contributed by atoms with Crippen LogP contribution in [-0.2, 0) is 11.2 Å². The molecule has 0 bridgehead atoms. The van der Waals surface area contributed by atoms with Crippen LogP contribution in [0.1, 0.15) is 18.2 Å². The average Bonchev–Trinajstić information content (AvgIpc) is 2.94. The number of benzene rings is 1. The number of Topliss-reactive ketones (excluding diaryl/α,β-unsaturated/α-hetero) is 1. The van der Waals surface area contributed by atoms with Gasteiger partial charge in [-0.05, 0) is 31.5 Å². The maximum absolute atomic E-state index is 11.1. The number of nitrogens with one attached hydrogen (secondary N) is 2. The number of H-pyrrole nitrogens is 1. The molecule has 0 fully saturated rings. The first kappa shape index (κ1) is 16.1. The molecule has 122 valence electrons. The number of hydrogen-bond acceptors (Lipinski definition) is 7. The Balaban J connectivity index is 1.69. The highest BCUT2D eigenvalue weighted by Crippen LogP contribution is 2.26. The van der Waals surface area contributed by atoms with Crippen LogP contribution in [0.3, 0.4) is 0 Å². The quantitative estimate of drug-likeness (QED) is 0.712. The van der Waals surface area contributed by atoms with Gasteiger partial charge in [0, 0.05) is 23.1 Å². The zero-order chi connectivity index (χ0) is 16.9. The summed E-state index contributed by atoms with van der Waals surface area (Å²) < 4.78 is 0. The van der Waals surface area contributed by atoms with E-state index in [0.717, 1.165) is 21.2 Å². The van der Waals surface area contributed by atoms with Crippen molar-refractivity contribution in [3.05, 3.63) is 47.8 Å². The van der Waals surface area contributed by atoms with E-state index in [9.17, 15) is 4.79 Å². The van der Waals surface area contributed by atoms with Crippen LogP contribution in [0.15, 0.2) is 46.5 Å². The lowest BCUT2D eigenvalue weighted by atomic mass is 10.1. The van der Waals surface area contributed by atoms with Gasteiger partial charge in [-0.1, -0.05) is 23.9 Å². The molecular formula is C16H16N6OS. The predicted octanol–water partition coefficient (Wildman–Crippen LogP) is 2.93. The fourth-order valence-corrected chi connectivity index (χ4v) is 2.82. The number of anilines is 2. The minimum Gasteiger partial charge on any atom is -0.306 e. The van der Waals surface area contributed by atoms with E-state index in [1.54, 1.807) is 13.1 Å². The van der Waals surface area contributed by atoms with Crippen LogP contribution in [-0.4, -0.2) is 31.2 Å². The molecule has 0 amide bonds. The summed E-state index contributed by atoms with van der Waals surface area (Å²) in [5.41, 5.74) is 1.95. The van der Waals surface area contributed by atoms with Crippen molar-refractivity contribution < 1.29 is 4.79 Å². The first-order chi connectivity index (χ1) is 11.6. The van der Waals surface area contributed by atoms with Crippen molar-refractivity contribution >= 4 is 29.3 Å². The standard InChI is InChI=1S/C16H16N6OS/c1-10-7-14(21-20-10)18-16-19-15(9-17-22-16)24-13-5-3-12(4-6-13)8-11(2)23/h3-7,9H,8H2,1-2H3,(H2,18,19,20,21,22). The van der Waals surface area contributed by atoms with Gasteiger partial charge in [-0.15, -0.1) is 5.10 Å². The SMILES string of the molecule is CC(=O)Cc1ccc(Sc2cnnc(Nc3cc(C)[nH]n3)n2)cc1. The number of aryl methyl sites for hydroxylation is 1. The number of rotatable bonds is 6. The molecule has 0 spiro atoms. The summed E-state index contributed by atoms with van der Waals surface area (Å²) in [6.07, 6.45) is 2.06. The number of carbonyl (C=O) groups is 1. The fourth-order valence-electron chi connectivity index (χ4n) is 2.07. The Morgan fingerprint density at radius 3 is 2.75 bits per heavy atom. The highest BCUT2D eigenvalue weighted by atomic mass is 32.2. The Morgan fingerprint density at radius 1 is 1.29 bits per heavy atom. The van der Waals surface area contributed by atoms with Crippen LogP contribution >= 0.6 is 11.8 Å². The number of ketones is 1. The van der Waals surface area contributed by atoms with E-state index in [1.807, 2.05) is 37.3 Å². The van der Waals surface area contributed by atoms with E-state index >= 15 is 0 Å². The Kier molecular flexibility index (Phi) is 4.85. The zero-order valence-electron chi connectivity index (χ0n) is 13.3. The van der Waals surface area contributed by atoms with E-state index in [4.69, 9.17) is 0 Å². The molecule has 0 atom stereocenters. The molecule has 1 aromatic carbocycles. The Labute approximate surface area is 143 Å². The van der Waals surface area contributed by atoms with E-state index in [-0.39, 0.29) is 5.78 Å². The lowest BCUT2D eigenvalue weighted by Crippen LogP contribution is -1.99. The van der Waals surface area contributed by atoms with Gasteiger partial charge in [0.15, 0.2) is 5.82 Å². The number of nitrogens with zero attached hydrogens (tertiary/aromatic N) is 4. The number of hydrogen-bond donors (Lipinski definition) is 2. The van der Waals surface area contributed by atoms with Crippen LogP contribution in [0.25, 0.3) is 0 Å². The first-order valence-corrected chi connectivity index (χ1v) is 8.15.